The van der Waals surface area contributed by atoms with Gasteiger partial charge in [-0.15, -0.1) is 0 Å². The number of hydrogen-bond donors (Lipinski definition) is 2. The van der Waals surface area contributed by atoms with E-state index >= 15 is 31.1 Å². The van der Waals surface area contributed by atoms with E-state index in [1.54, 1.807) is 13.8 Å². The minimum absolute atomic E-state index is 0.0567. The highest BCUT2D eigenvalue weighted by Crippen LogP contribution is 2.65. The van der Waals surface area contributed by atoms with E-state index in [9.17, 15) is 28.2 Å². The first kappa shape index (κ1) is 51.9. The molecule has 6 bridgehead atoms. The highest BCUT2D eigenvalue weighted by atomic mass is 19.4. The van der Waals surface area contributed by atoms with Crippen LogP contribution in [-0.4, -0.2) is 107 Å². The van der Waals surface area contributed by atoms with Gasteiger partial charge in [0.05, 0.1) is 29.5 Å². The van der Waals surface area contributed by atoms with E-state index in [0.29, 0.717) is 26.2 Å². The first-order chi connectivity index (χ1) is 30.1. The summed E-state index contributed by atoms with van der Waals surface area (Å²) in [6.45, 7) is 10.1. The Morgan fingerprint density at radius 3 is 1.95 bits per heavy atom. The summed E-state index contributed by atoms with van der Waals surface area (Å²) < 4.78 is 175. The van der Waals surface area contributed by atoms with Crippen molar-refractivity contribution in [2.24, 2.45) is 52.3 Å². The molecule has 8 fully saturated rings. The molecule has 0 amide bonds. The number of esters is 2. The van der Waals surface area contributed by atoms with Crippen molar-refractivity contribution in [3.63, 3.8) is 0 Å². The molecule has 0 spiro atoms. The Labute approximate surface area is 381 Å². The molecule has 2 aliphatic heterocycles. The molecular formula is C47H69F9O10. The van der Waals surface area contributed by atoms with Crippen LogP contribution < -0.4 is 0 Å². The number of halogens is 9. The lowest BCUT2D eigenvalue weighted by molar-refractivity contribution is -0.320. The van der Waals surface area contributed by atoms with E-state index < -0.39 is 143 Å². The second-order valence-corrected chi connectivity index (χ2v) is 23.1. The van der Waals surface area contributed by atoms with Crippen LogP contribution in [0.15, 0.2) is 0 Å². The van der Waals surface area contributed by atoms with Gasteiger partial charge in [-0.25, -0.2) is 0 Å². The van der Waals surface area contributed by atoms with Crippen molar-refractivity contribution >= 4 is 11.9 Å². The third-order valence-electron chi connectivity index (χ3n) is 16.7. The largest absolute Gasteiger partial charge is 0.459 e. The maximum absolute atomic E-state index is 16.8. The van der Waals surface area contributed by atoms with Gasteiger partial charge in [0.25, 0.3) is 0 Å². The maximum atomic E-state index is 16.8. The lowest BCUT2D eigenvalue weighted by Gasteiger charge is -2.62. The zero-order valence-electron chi connectivity index (χ0n) is 39.2. The predicted molar refractivity (Wildman–Crippen MR) is 217 cm³/mol. The Morgan fingerprint density at radius 1 is 0.773 bits per heavy atom. The monoisotopic (exact) mass is 964 g/mol. The molecule has 15 unspecified atom stereocenters. The molecule has 380 valence electrons. The van der Waals surface area contributed by atoms with E-state index in [2.05, 4.69) is 0 Å². The Kier molecular flexibility index (Phi) is 13.5. The summed E-state index contributed by atoms with van der Waals surface area (Å²) in [4.78, 5) is 28.7. The third kappa shape index (κ3) is 9.50. The fourth-order valence-corrected chi connectivity index (χ4v) is 14.3. The van der Waals surface area contributed by atoms with Crippen LogP contribution in [0.3, 0.4) is 0 Å². The van der Waals surface area contributed by atoms with Gasteiger partial charge in [0.2, 0.25) is 0 Å². The van der Waals surface area contributed by atoms with Gasteiger partial charge in [0, 0.05) is 38.4 Å². The number of fused-ring (bicyclic) bond motifs is 5. The third-order valence-corrected chi connectivity index (χ3v) is 16.7. The number of hydrogen-bond acceptors (Lipinski definition) is 10. The van der Waals surface area contributed by atoms with Crippen LogP contribution >= 0.6 is 0 Å². The van der Waals surface area contributed by atoms with Crippen molar-refractivity contribution in [3.8, 4) is 0 Å². The van der Waals surface area contributed by atoms with Gasteiger partial charge in [-0.1, -0.05) is 6.92 Å². The SMILES string of the molecule is CCOC(C)OC(C)(CC1CC2CC1C1OC(CC(C(=O)OC34CC5CC(O)(CC(O)(C5)C3)C4)(C3CCCOC3CC(C)(C(=O)OC(C)(C)C)C(F)(F)F)C(F)(F)F)C(C)CC21)C(F)(F)F. The molecule has 2 saturated heterocycles. The Bertz CT molecular complexity index is 1780. The fraction of sp³-hybridized carbons (Fsp3) is 0.957. The summed E-state index contributed by atoms with van der Waals surface area (Å²) >= 11 is 0. The predicted octanol–water partition coefficient (Wildman–Crippen LogP) is 9.94. The van der Waals surface area contributed by atoms with Crippen molar-refractivity contribution in [3.05, 3.63) is 0 Å². The first-order valence-electron chi connectivity index (χ1n) is 23.8. The van der Waals surface area contributed by atoms with Gasteiger partial charge in [0.15, 0.2) is 22.7 Å². The van der Waals surface area contributed by atoms with Gasteiger partial charge in [-0.3, -0.25) is 9.59 Å². The van der Waals surface area contributed by atoms with Gasteiger partial charge in [-0.2, -0.15) is 39.5 Å². The average molecular weight is 965 g/mol. The molecular weight excluding hydrogens is 895 g/mol. The number of carbonyl (C=O) groups excluding carboxylic acids is 2. The molecule has 0 radical (unpaired) electrons. The van der Waals surface area contributed by atoms with E-state index in [0.717, 1.165) is 6.92 Å². The van der Waals surface area contributed by atoms with Crippen molar-refractivity contribution in [2.75, 3.05) is 13.2 Å². The molecule has 2 N–H and O–H groups in total. The lowest BCUT2D eigenvalue weighted by Crippen LogP contribution is -2.68. The van der Waals surface area contributed by atoms with Crippen LogP contribution in [0.2, 0.25) is 0 Å². The second-order valence-electron chi connectivity index (χ2n) is 23.1. The molecule has 6 aliphatic carbocycles. The van der Waals surface area contributed by atoms with Gasteiger partial charge < -0.3 is 38.6 Å². The standard InChI is InChI=1S/C47H69F9O10/c1-9-61-26(3)64-40(8,46(51,52)53)19-29-14-28-15-31(29)35-30(28)13-25(2)33(63-35)21-44(47(54,55)56,37(58)66-43-18-27-16-41(59,23-43)22-42(60,17-27)24-43)32-11-10-12-62-34(32)20-39(7,45(48,49)50)36(57)65-38(4,5)6/h25-35,59-60H,9-24H2,1-8H3. The van der Waals surface area contributed by atoms with Crippen LogP contribution in [0.25, 0.3) is 0 Å². The number of aliphatic hydroxyl groups is 2. The molecule has 15 atom stereocenters. The summed E-state index contributed by atoms with van der Waals surface area (Å²) in [5.41, 5.74) is -15.8. The molecule has 19 heteroatoms. The maximum Gasteiger partial charge on any atom is 0.417 e. The van der Waals surface area contributed by atoms with Crippen LogP contribution in [0, 0.1) is 52.3 Å². The molecule has 0 aromatic heterocycles. The Morgan fingerprint density at radius 2 is 1.41 bits per heavy atom. The number of alkyl halides is 9. The second kappa shape index (κ2) is 17.1. The average Bonchev–Trinajstić information content (AvgIpc) is 3.68. The summed E-state index contributed by atoms with van der Waals surface area (Å²) in [6.07, 6.45) is -23.3. The summed E-state index contributed by atoms with van der Waals surface area (Å²) in [5.74, 6) is -8.01. The minimum atomic E-state index is -5.54. The quantitative estimate of drug-likeness (QED) is 0.0986. The molecule has 2 heterocycles. The summed E-state index contributed by atoms with van der Waals surface area (Å²) in [6, 6.07) is 0. The van der Waals surface area contributed by atoms with Crippen molar-refractivity contribution in [1.82, 2.24) is 0 Å². The zero-order valence-corrected chi connectivity index (χ0v) is 39.2. The fourth-order valence-electron chi connectivity index (χ4n) is 14.3. The number of ether oxygens (including phenoxy) is 6. The molecule has 0 aromatic carbocycles. The van der Waals surface area contributed by atoms with E-state index in [1.807, 2.05) is 0 Å². The summed E-state index contributed by atoms with van der Waals surface area (Å²) in [5, 5.41) is 23.1. The number of carbonyl (C=O) groups is 2. The molecule has 8 aliphatic rings. The summed E-state index contributed by atoms with van der Waals surface area (Å²) in [7, 11) is 0. The molecule has 0 aromatic rings. The highest BCUT2D eigenvalue weighted by molar-refractivity contribution is 5.80. The lowest BCUT2D eigenvalue weighted by atomic mass is 9.50. The Balaban J connectivity index is 1.26. The van der Waals surface area contributed by atoms with Crippen LogP contribution in [0.4, 0.5) is 39.5 Å². The topological polar surface area (TPSA) is 130 Å². The molecule has 6 saturated carbocycles. The minimum Gasteiger partial charge on any atom is -0.459 e. The highest BCUT2D eigenvalue weighted by Gasteiger charge is 2.73. The zero-order chi connectivity index (χ0) is 49.1. The van der Waals surface area contributed by atoms with E-state index in [1.165, 1.54) is 27.7 Å². The molecule has 10 nitrogen and oxygen atoms in total. The first-order valence-corrected chi connectivity index (χ1v) is 23.8. The van der Waals surface area contributed by atoms with Crippen LogP contribution in [0.1, 0.15) is 145 Å². The van der Waals surface area contributed by atoms with Crippen molar-refractivity contribution in [1.29, 1.82) is 0 Å². The van der Waals surface area contributed by atoms with Crippen molar-refractivity contribution < 1.29 is 87.7 Å². The van der Waals surface area contributed by atoms with E-state index in [-0.39, 0.29) is 75.9 Å². The van der Waals surface area contributed by atoms with Gasteiger partial charge >= 0.3 is 30.5 Å². The molecule has 66 heavy (non-hydrogen) atoms. The Hall–Kier alpha value is -1.93. The van der Waals surface area contributed by atoms with Crippen LogP contribution in [-0.2, 0) is 38.0 Å². The van der Waals surface area contributed by atoms with Gasteiger partial charge in [-0.05, 0) is 155 Å². The van der Waals surface area contributed by atoms with E-state index in [4.69, 9.17) is 28.4 Å². The molecule has 8 rings (SSSR count). The normalized spacial score (nSPS) is 41.1. The number of rotatable bonds is 14. The smallest absolute Gasteiger partial charge is 0.417 e. The van der Waals surface area contributed by atoms with Crippen LogP contribution in [0.5, 0.6) is 0 Å². The van der Waals surface area contributed by atoms with Gasteiger partial charge in [0.1, 0.15) is 11.2 Å². The van der Waals surface area contributed by atoms with Crippen molar-refractivity contribution in [2.45, 2.75) is 216 Å².